The van der Waals surface area contributed by atoms with Gasteiger partial charge in [0.2, 0.25) is 0 Å². The molecule has 1 N–H and O–H groups in total. The molecular formula is C8H15N3OS. The van der Waals surface area contributed by atoms with E-state index in [-0.39, 0.29) is 0 Å². The van der Waals surface area contributed by atoms with Crippen LogP contribution in [0.4, 0.5) is 0 Å². The zero-order valence-corrected chi connectivity index (χ0v) is 9.22. The molecule has 13 heavy (non-hydrogen) atoms. The van der Waals surface area contributed by atoms with E-state index in [4.69, 9.17) is 0 Å². The highest BCUT2D eigenvalue weighted by atomic mass is 32.2. The Labute approximate surface area is 82.4 Å². The van der Waals surface area contributed by atoms with Crippen molar-refractivity contribution in [3.63, 3.8) is 0 Å². The first-order valence-electron chi connectivity index (χ1n) is 4.11. The maximum absolute atomic E-state index is 9.50. The van der Waals surface area contributed by atoms with E-state index in [9.17, 15) is 5.11 Å². The van der Waals surface area contributed by atoms with Gasteiger partial charge in [-0.2, -0.15) is 0 Å². The Bertz CT molecular complexity index is 290. The van der Waals surface area contributed by atoms with E-state index in [1.54, 1.807) is 13.8 Å². The van der Waals surface area contributed by atoms with E-state index in [1.165, 1.54) is 11.8 Å². The van der Waals surface area contributed by atoms with E-state index >= 15 is 0 Å². The number of hydrogen-bond acceptors (Lipinski definition) is 4. The number of nitrogens with zero attached hydrogens (tertiary/aromatic N) is 3. The first kappa shape index (κ1) is 10.5. The van der Waals surface area contributed by atoms with Gasteiger partial charge < -0.3 is 9.67 Å². The van der Waals surface area contributed by atoms with Crippen LogP contribution < -0.4 is 0 Å². The predicted octanol–water partition coefficient (Wildman–Crippen LogP) is 0.987. The monoisotopic (exact) mass is 201 g/mol. The first-order valence-corrected chi connectivity index (χ1v) is 5.10. The molecular weight excluding hydrogens is 186 g/mol. The van der Waals surface area contributed by atoms with Gasteiger partial charge in [-0.25, -0.2) is 0 Å². The van der Waals surface area contributed by atoms with Gasteiger partial charge in [-0.05, 0) is 20.8 Å². The standard InChI is InChI=1S/C8H15N3OS/c1-6-9-10-7(11(6)4)13-5-8(2,3)12/h12H,5H2,1-4H3. The predicted molar refractivity (Wildman–Crippen MR) is 52.8 cm³/mol. The fourth-order valence-electron chi connectivity index (χ4n) is 0.755. The van der Waals surface area contributed by atoms with Crippen molar-refractivity contribution in [2.75, 3.05) is 5.75 Å². The van der Waals surface area contributed by atoms with Crippen molar-refractivity contribution < 1.29 is 5.11 Å². The molecule has 1 aromatic rings. The van der Waals surface area contributed by atoms with Gasteiger partial charge in [0.05, 0.1) is 5.60 Å². The Balaban J connectivity index is 2.60. The number of rotatable bonds is 3. The van der Waals surface area contributed by atoms with Crippen LogP contribution in [0.2, 0.25) is 0 Å². The average molecular weight is 201 g/mol. The summed E-state index contributed by atoms with van der Waals surface area (Å²) < 4.78 is 1.91. The van der Waals surface area contributed by atoms with E-state index in [1.807, 2.05) is 18.5 Å². The lowest BCUT2D eigenvalue weighted by Crippen LogP contribution is -2.22. The summed E-state index contributed by atoms with van der Waals surface area (Å²) in [7, 11) is 1.92. The summed E-state index contributed by atoms with van der Waals surface area (Å²) in [5.41, 5.74) is -0.662. The Hall–Kier alpha value is -0.550. The Morgan fingerprint density at radius 3 is 2.46 bits per heavy atom. The van der Waals surface area contributed by atoms with E-state index in [0.29, 0.717) is 5.75 Å². The van der Waals surface area contributed by atoms with Gasteiger partial charge in [0.25, 0.3) is 0 Å². The second-order valence-corrected chi connectivity index (χ2v) is 4.63. The van der Waals surface area contributed by atoms with Crippen LogP contribution in [0.15, 0.2) is 5.16 Å². The van der Waals surface area contributed by atoms with Crippen LogP contribution in [-0.4, -0.2) is 31.2 Å². The van der Waals surface area contributed by atoms with Crippen LogP contribution in [0.3, 0.4) is 0 Å². The van der Waals surface area contributed by atoms with Crippen molar-refractivity contribution in [3.05, 3.63) is 5.82 Å². The number of aryl methyl sites for hydroxylation is 1. The van der Waals surface area contributed by atoms with Crippen LogP contribution in [0.1, 0.15) is 19.7 Å². The maximum atomic E-state index is 9.50. The van der Waals surface area contributed by atoms with Crippen LogP contribution in [-0.2, 0) is 7.05 Å². The summed E-state index contributed by atoms with van der Waals surface area (Å²) in [6.07, 6.45) is 0. The minimum Gasteiger partial charge on any atom is -0.390 e. The molecule has 0 aliphatic heterocycles. The van der Waals surface area contributed by atoms with Gasteiger partial charge >= 0.3 is 0 Å². The molecule has 0 bridgehead atoms. The molecule has 0 unspecified atom stereocenters. The largest absolute Gasteiger partial charge is 0.390 e. The average Bonchev–Trinajstić information content (AvgIpc) is 2.29. The molecule has 0 amide bonds. The van der Waals surface area contributed by atoms with Gasteiger partial charge in [-0.3, -0.25) is 0 Å². The molecule has 4 nitrogen and oxygen atoms in total. The highest BCUT2D eigenvalue weighted by molar-refractivity contribution is 7.99. The minimum atomic E-state index is -0.662. The fourth-order valence-corrected chi connectivity index (χ4v) is 1.66. The normalized spacial score (nSPS) is 12.1. The SMILES string of the molecule is Cc1nnc(SCC(C)(C)O)n1C. The maximum Gasteiger partial charge on any atom is 0.191 e. The molecule has 0 saturated carbocycles. The Morgan fingerprint density at radius 1 is 1.46 bits per heavy atom. The summed E-state index contributed by atoms with van der Waals surface area (Å²) in [6.45, 7) is 5.47. The van der Waals surface area contributed by atoms with Crippen molar-refractivity contribution in [1.82, 2.24) is 14.8 Å². The lowest BCUT2D eigenvalue weighted by Gasteiger charge is -2.15. The molecule has 1 rings (SSSR count). The molecule has 0 aromatic carbocycles. The van der Waals surface area contributed by atoms with E-state index in [2.05, 4.69) is 10.2 Å². The number of aromatic nitrogens is 3. The Kier molecular flexibility index (Phi) is 2.98. The number of aliphatic hydroxyl groups is 1. The topological polar surface area (TPSA) is 50.9 Å². The summed E-state index contributed by atoms with van der Waals surface area (Å²) in [6, 6.07) is 0. The molecule has 0 fully saturated rings. The second kappa shape index (κ2) is 3.67. The van der Waals surface area contributed by atoms with Gasteiger partial charge in [0.1, 0.15) is 5.82 Å². The van der Waals surface area contributed by atoms with Crippen molar-refractivity contribution in [2.45, 2.75) is 31.5 Å². The third kappa shape index (κ3) is 3.00. The second-order valence-electron chi connectivity index (χ2n) is 3.69. The lowest BCUT2D eigenvalue weighted by atomic mass is 10.2. The highest BCUT2D eigenvalue weighted by Crippen LogP contribution is 2.20. The van der Waals surface area contributed by atoms with Crippen LogP contribution in [0.25, 0.3) is 0 Å². The molecule has 0 radical (unpaired) electrons. The van der Waals surface area contributed by atoms with Crippen molar-refractivity contribution in [3.8, 4) is 0 Å². The van der Waals surface area contributed by atoms with Crippen LogP contribution in [0.5, 0.6) is 0 Å². The first-order chi connectivity index (χ1) is 5.90. The molecule has 0 aliphatic carbocycles. The van der Waals surface area contributed by atoms with E-state index < -0.39 is 5.60 Å². The van der Waals surface area contributed by atoms with Gasteiger partial charge in [-0.1, -0.05) is 11.8 Å². The minimum absolute atomic E-state index is 0.624. The lowest BCUT2D eigenvalue weighted by molar-refractivity contribution is 0.107. The molecule has 0 spiro atoms. The fraction of sp³-hybridized carbons (Fsp3) is 0.750. The van der Waals surface area contributed by atoms with Crippen molar-refractivity contribution in [2.24, 2.45) is 7.05 Å². The summed E-state index contributed by atoms with van der Waals surface area (Å²) in [5, 5.41) is 18.3. The zero-order chi connectivity index (χ0) is 10.1. The molecule has 0 saturated heterocycles. The van der Waals surface area contributed by atoms with Crippen LogP contribution in [0, 0.1) is 6.92 Å². The molecule has 74 valence electrons. The quantitative estimate of drug-likeness (QED) is 0.741. The number of thioether (sulfide) groups is 1. The molecule has 0 atom stereocenters. The molecule has 1 aromatic heterocycles. The smallest absolute Gasteiger partial charge is 0.191 e. The number of hydrogen-bond donors (Lipinski definition) is 1. The van der Waals surface area contributed by atoms with Gasteiger partial charge in [0.15, 0.2) is 5.16 Å². The van der Waals surface area contributed by atoms with Gasteiger partial charge in [-0.15, -0.1) is 10.2 Å². The Morgan fingerprint density at radius 2 is 2.08 bits per heavy atom. The molecule has 0 aliphatic rings. The third-order valence-corrected chi connectivity index (χ3v) is 3.07. The van der Waals surface area contributed by atoms with E-state index in [0.717, 1.165) is 11.0 Å². The van der Waals surface area contributed by atoms with Crippen LogP contribution >= 0.6 is 11.8 Å². The summed E-state index contributed by atoms with van der Waals surface area (Å²) in [5.74, 6) is 1.51. The van der Waals surface area contributed by atoms with Gasteiger partial charge in [0, 0.05) is 12.8 Å². The van der Waals surface area contributed by atoms with Crippen molar-refractivity contribution in [1.29, 1.82) is 0 Å². The summed E-state index contributed by atoms with van der Waals surface area (Å²) in [4.78, 5) is 0. The molecule has 1 heterocycles. The zero-order valence-electron chi connectivity index (χ0n) is 8.40. The van der Waals surface area contributed by atoms with Crippen molar-refractivity contribution >= 4 is 11.8 Å². The third-order valence-electron chi connectivity index (χ3n) is 1.61. The molecule has 5 heteroatoms. The summed E-state index contributed by atoms with van der Waals surface area (Å²) >= 11 is 1.51. The highest BCUT2D eigenvalue weighted by Gasteiger charge is 2.15.